The van der Waals surface area contributed by atoms with Crippen molar-refractivity contribution in [2.45, 2.75) is 0 Å². The molecule has 1 heterocycles. The van der Waals surface area contributed by atoms with E-state index in [1.54, 1.807) is 0 Å². The maximum atomic E-state index is 4.65. The summed E-state index contributed by atoms with van der Waals surface area (Å²) in [7, 11) is 0. The fraction of sp³-hybridized carbons (Fsp3) is 0. The number of rotatable bonds is 0. The fourth-order valence-electron chi connectivity index (χ4n) is 1.78. The van der Waals surface area contributed by atoms with E-state index in [-0.39, 0.29) is 0 Å². The molecule has 3 heteroatoms. The summed E-state index contributed by atoms with van der Waals surface area (Å²) in [6.07, 6.45) is 0. The zero-order valence-electron chi connectivity index (χ0n) is 8.44. The normalized spacial score (nSPS) is 11.1. The molecule has 0 bridgehead atoms. The third-order valence-electron chi connectivity index (χ3n) is 2.57. The van der Waals surface area contributed by atoms with E-state index in [1.807, 2.05) is 36.4 Å². The van der Waals surface area contributed by atoms with Gasteiger partial charge in [-0.25, -0.2) is 0 Å². The van der Waals surface area contributed by atoms with Crippen molar-refractivity contribution >= 4 is 52.8 Å². The van der Waals surface area contributed by atoms with Crippen LogP contribution in [-0.4, -0.2) is 37.9 Å². The van der Waals surface area contributed by atoms with Gasteiger partial charge in [-0.3, -0.25) is 0 Å². The van der Waals surface area contributed by atoms with E-state index in [0.717, 1.165) is 50.0 Å². The van der Waals surface area contributed by atoms with E-state index in [1.165, 1.54) is 2.81 Å². The Labute approximate surface area is 105 Å². The van der Waals surface area contributed by atoms with Gasteiger partial charge in [0.15, 0.2) is 0 Å². The average molecular weight is 202 g/mol. The first-order valence-electron chi connectivity index (χ1n) is 4.97. The Morgan fingerprint density at radius 3 is 2.20 bits per heavy atom. The van der Waals surface area contributed by atoms with Gasteiger partial charge in [-0.1, -0.05) is 0 Å². The number of hydrogen-bond acceptors (Lipinski definition) is 2. The van der Waals surface area contributed by atoms with Crippen LogP contribution >= 0.6 is 0 Å². The zero-order valence-corrected chi connectivity index (χ0v) is 10.4. The molecular weight excluding hydrogens is 195 g/mol. The molecule has 0 saturated carbocycles. The fourth-order valence-corrected chi connectivity index (χ4v) is 2.34. The molecule has 0 fully saturated rings. The minimum absolute atomic E-state index is 0.970. The molecule has 0 atom stereocenters. The van der Waals surface area contributed by atoms with Gasteiger partial charge in [0.25, 0.3) is 0 Å². The molecule has 0 radical (unpaired) electrons. The monoisotopic (exact) mass is 202 g/mol. The van der Waals surface area contributed by atoms with Crippen LogP contribution in [-0.2, 0) is 0 Å². The molecule has 2 aromatic carbocycles. The third kappa shape index (κ3) is 1.55. The Morgan fingerprint density at radius 2 is 1.40 bits per heavy atom. The molecular formula is C12H7N2Na. The molecule has 0 spiro atoms. The van der Waals surface area contributed by atoms with Crippen molar-refractivity contribution in [1.82, 2.24) is 9.97 Å². The Balaban J connectivity index is 2.53. The molecule has 0 saturated heterocycles. The van der Waals surface area contributed by atoms with Crippen molar-refractivity contribution < 1.29 is 0 Å². The van der Waals surface area contributed by atoms with Gasteiger partial charge in [0, 0.05) is 0 Å². The first kappa shape index (κ1) is 9.28. The van der Waals surface area contributed by atoms with Crippen LogP contribution in [0.5, 0.6) is 0 Å². The number of nitrogens with zero attached hydrogens (tertiary/aromatic N) is 2. The molecule has 0 aliphatic carbocycles. The molecule has 0 unspecified atom stereocenters. The van der Waals surface area contributed by atoms with Gasteiger partial charge in [-0.2, -0.15) is 0 Å². The van der Waals surface area contributed by atoms with E-state index in [0.29, 0.717) is 0 Å². The number of benzene rings is 2. The predicted molar refractivity (Wildman–Crippen MR) is 62.4 cm³/mol. The number of fused-ring (bicyclic) bond motifs is 2. The van der Waals surface area contributed by atoms with E-state index in [9.17, 15) is 0 Å². The summed E-state index contributed by atoms with van der Waals surface area (Å²) in [6.45, 7) is 0. The Morgan fingerprint density at radius 1 is 0.733 bits per heavy atom. The summed E-state index contributed by atoms with van der Waals surface area (Å²) < 4.78 is 1.31. The minimum atomic E-state index is 0.970. The van der Waals surface area contributed by atoms with Crippen molar-refractivity contribution in [3.8, 4) is 0 Å². The van der Waals surface area contributed by atoms with Crippen LogP contribution in [0.2, 0.25) is 0 Å². The summed E-state index contributed by atoms with van der Waals surface area (Å²) in [4.78, 5) is 9.25. The second-order valence-corrected chi connectivity index (χ2v) is 4.73. The third-order valence-corrected chi connectivity index (χ3v) is 3.38. The van der Waals surface area contributed by atoms with Gasteiger partial charge in [0.1, 0.15) is 0 Å². The summed E-state index contributed by atoms with van der Waals surface area (Å²) in [5.74, 6) is 0. The molecule has 0 amide bonds. The number of hydrogen-bond donors (Lipinski definition) is 0. The maximum absolute atomic E-state index is 4.65. The van der Waals surface area contributed by atoms with Crippen LogP contribution in [0.1, 0.15) is 0 Å². The van der Waals surface area contributed by atoms with Crippen LogP contribution in [0.3, 0.4) is 0 Å². The Hall–Kier alpha value is -0.960. The molecule has 15 heavy (non-hydrogen) atoms. The van der Waals surface area contributed by atoms with Crippen LogP contribution in [0.15, 0.2) is 42.5 Å². The van der Waals surface area contributed by atoms with Crippen LogP contribution in [0.25, 0.3) is 22.1 Å². The SMILES string of the molecule is [Na][c]1cccc2nc3ccccc3nc12. The van der Waals surface area contributed by atoms with Crippen molar-refractivity contribution in [1.29, 1.82) is 0 Å². The standard InChI is InChI=1S/C12H7N2.Na/c1-2-6-10-9(5-1)13-11-7-3-4-8-12(11)14-10;/h1-7H;. The summed E-state index contributed by atoms with van der Waals surface area (Å²) in [6, 6.07) is 14.2. The van der Waals surface area contributed by atoms with Crippen molar-refractivity contribution in [2.24, 2.45) is 0 Å². The summed E-state index contributed by atoms with van der Waals surface area (Å²) in [5, 5.41) is 0. The van der Waals surface area contributed by atoms with Gasteiger partial charge in [-0.05, 0) is 0 Å². The molecule has 3 aromatic rings. The van der Waals surface area contributed by atoms with Gasteiger partial charge in [0.05, 0.1) is 0 Å². The van der Waals surface area contributed by atoms with Crippen molar-refractivity contribution in [2.75, 3.05) is 0 Å². The molecule has 0 aliphatic heterocycles. The van der Waals surface area contributed by atoms with Gasteiger partial charge < -0.3 is 0 Å². The average Bonchev–Trinajstić information content (AvgIpc) is 2.27. The van der Waals surface area contributed by atoms with Crippen LogP contribution in [0.4, 0.5) is 0 Å². The number of aromatic nitrogens is 2. The molecule has 66 valence electrons. The molecule has 1 aromatic heterocycles. The first-order chi connectivity index (χ1) is 7.34. The van der Waals surface area contributed by atoms with E-state index >= 15 is 0 Å². The van der Waals surface area contributed by atoms with E-state index in [4.69, 9.17) is 0 Å². The topological polar surface area (TPSA) is 25.8 Å². The van der Waals surface area contributed by atoms with Gasteiger partial charge in [-0.15, -0.1) is 0 Å². The van der Waals surface area contributed by atoms with Gasteiger partial charge >= 0.3 is 105 Å². The second kappa shape index (κ2) is 3.56. The van der Waals surface area contributed by atoms with Gasteiger partial charge in [0.2, 0.25) is 0 Å². The Kier molecular flexibility index (Phi) is 2.20. The van der Waals surface area contributed by atoms with Crippen molar-refractivity contribution in [3.63, 3.8) is 0 Å². The summed E-state index contributed by atoms with van der Waals surface area (Å²) >= 11 is 1.01. The van der Waals surface area contributed by atoms with Crippen LogP contribution in [0, 0.1) is 0 Å². The van der Waals surface area contributed by atoms with Crippen molar-refractivity contribution in [3.05, 3.63) is 42.5 Å². The zero-order chi connectivity index (χ0) is 10.3. The van der Waals surface area contributed by atoms with Crippen LogP contribution < -0.4 is 2.81 Å². The summed E-state index contributed by atoms with van der Waals surface area (Å²) in [5.41, 5.74) is 4.01. The second-order valence-electron chi connectivity index (χ2n) is 3.65. The quantitative estimate of drug-likeness (QED) is 0.408. The Bertz CT molecular complexity index is 649. The molecule has 3 rings (SSSR count). The first-order valence-corrected chi connectivity index (χ1v) is 5.97. The molecule has 2 nitrogen and oxygen atoms in total. The number of para-hydroxylation sites is 3. The van der Waals surface area contributed by atoms with E-state index < -0.39 is 0 Å². The van der Waals surface area contributed by atoms with E-state index in [2.05, 4.69) is 16.0 Å². The predicted octanol–water partition coefficient (Wildman–Crippen LogP) is 1.58. The molecule has 0 aliphatic rings. The molecule has 0 N–H and O–H groups in total.